The van der Waals surface area contributed by atoms with Gasteiger partial charge in [-0.2, -0.15) is 18.3 Å². The normalized spacial score (nSPS) is 16.9. The number of carbonyl (C=O) groups excluding carboxylic acids is 1. The summed E-state index contributed by atoms with van der Waals surface area (Å²) in [6.45, 7) is 3.69. The third-order valence-electron chi connectivity index (χ3n) is 5.39. The van der Waals surface area contributed by atoms with Crippen LogP contribution in [0.4, 0.5) is 13.2 Å². The Morgan fingerprint density at radius 3 is 2.72 bits per heavy atom. The fourth-order valence-corrected chi connectivity index (χ4v) is 3.75. The fourth-order valence-electron chi connectivity index (χ4n) is 3.75. The second-order valence-electron chi connectivity index (χ2n) is 7.55. The first kappa shape index (κ1) is 22.0. The SMILES string of the molecule is CCn1ccc(C(=O)N2CCOC(c3cccc(Cc4ccccc4C(F)(F)F)n3)C2)n1. The molecule has 0 spiro atoms. The maximum atomic E-state index is 13.3. The van der Waals surface area contributed by atoms with Gasteiger partial charge in [0.05, 0.1) is 24.4 Å². The minimum Gasteiger partial charge on any atom is -0.368 e. The lowest BCUT2D eigenvalue weighted by Gasteiger charge is -2.32. The molecule has 1 unspecified atom stereocenters. The average Bonchev–Trinajstić information content (AvgIpc) is 3.28. The lowest BCUT2D eigenvalue weighted by molar-refractivity contribution is -0.138. The number of hydrogen-bond acceptors (Lipinski definition) is 4. The van der Waals surface area contributed by atoms with Gasteiger partial charge in [-0.15, -0.1) is 0 Å². The number of benzene rings is 1. The molecule has 2 aromatic heterocycles. The monoisotopic (exact) mass is 444 g/mol. The van der Waals surface area contributed by atoms with Crippen molar-refractivity contribution >= 4 is 5.91 Å². The van der Waals surface area contributed by atoms with Gasteiger partial charge < -0.3 is 9.64 Å². The zero-order valence-corrected chi connectivity index (χ0v) is 17.5. The predicted octanol–water partition coefficient (Wildman–Crippen LogP) is 4.12. The number of carbonyl (C=O) groups is 1. The van der Waals surface area contributed by atoms with Crippen LogP contribution in [-0.2, 0) is 23.9 Å². The Hall–Kier alpha value is -3.20. The van der Waals surface area contributed by atoms with Gasteiger partial charge in [0.1, 0.15) is 11.8 Å². The summed E-state index contributed by atoms with van der Waals surface area (Å²) in [6.07, 6.45) is -3.08. The maximum Gasteiger partial charge on any atom is 0.416 e. The molecule has 168 valence electrons. The van der Waals surface area contributed by atoms with Crippen molar-refractivity contribution in [3.8, 4) is 0 Å². The van der Waals surface area contributed by atoms with Gasteiger partial charge in [-0.3, -0.25) is 14.5 Å². The van der Waals surface area contributed by atoms with Gasteiger partial charge >= 0.3 is 6.18 Å². The van der Waals surface area contributed by atoms with Crippen LogP contribution in [0, 0.1) is 0 Å². The summed E-state index contributed by atoms with van der Waals surface area (Å²) >= 11 is 0. The van der Waals surface area contributed by atoms with E-state index in [1.165, 1.54) is 12.1 Å². The lowest BCUT2D eigenvalue weighted by Crippen LogP contribution is -2.42. The summed E-state index contributed by atoms with van der Waals surface area (Å²) in [4.78, 5) is 19.0. The molecule has 0 aliphatic carbocycles. The third-order valence-corrected chi connectivity index (χ3v) is 5.39. The van der Waals surface area contributed by atoms with Gasteiger partial charge in [0, 0.05) is 31.4 Å². The summed E-state index contributed by atoms with van der Waals surface area (Å²) in [7, 11) is 0. The smallest absolute Gasteiger partial charge is 0.368 e. The van der Waals surface area contributed by atoms with Gasteiger partial charge in [0.2, 0.25) is 0 Å². The summed E-state index contributed by atoms with van der Waals surface area (Å²) in [5.74, 6) is -0.180. The molecule has 0 bridgehead atoms. The Labute approximate surface area is 183 Å². The molecule has 0 radical (unpaired) electrons. The number of halogens is 3. The molecule has 9 heteroatoms. The van der Waals surface area contributed by atoms with Crippen LogP contribution in [0.1, 0.15) is 46.0 Å². The Morgan fingerprint density at radius 2 is 1.97 bits per heavy atom. The van der Waals surface area contributed by atoms with Crippen LogP contribution >= 0.6 is 0 Å². The van der Waals surface area contributed by atoms with Gasteiger partial charge in [-0.05, 0) is 36.8 Å². The Morgan fingerprint density at radius 1 is 1.16 bits per heavy atom. The number of rotatable bonds is 5. The van der Waals surface area contributed by atoms with E-state index < -0.39 is 17.8 Å². The van der Waals surface area contributed by atoms with Crippen molar-refractivity contribution in [1.82, 2.24) is 19.7 Å². The summed E-state index contributed by atoms with van der Waals surface area (Å²) in [5, 5.41) is 4.27. The van der Waals surface area contributed by atoms with Crippen molar-refractivity contribution in [3.63, 3.8) is 0 Å². The van der Waals surface area contributed by atoms with Gasteiger partial charge in [0.25, 0.3) is 5.91 Å². The molecule has 1 amide bonds. The van der Waals surface area contributed by atoms with Crippen molar-refractivity contribution in [3.05, 3.63) is 82.9 Å². The molecule has 0 saturated carbocycles. The maximum absolute atomic E-state index is 13.3. The number of morpholine rings is 1. The van der Waals surface area contributed by atoms with E-state index in [9.17, 15) is 18.0 Å². The largest absolute Gasteiger partial charge is 0.416 e. The summed E-state index contributed by atoms with van der Waals surface area (Å²) in [6, 6.07) is 12.4. The molecule has 3 heterocycles. The minimum absolute atomic E-state index is 0.0489. The van der Waals surface area contributed by atoms with E-state index in [0.29, 0.717) is 43.3 Å². The van der Waals surface area contributed by atoms with E-state index in [2.05, 4.69) is 10.1 Å². The second kappa shape index (κ2) is 9.12. The number of aromatic nitrogens is 3. The first-order chi connectivity index (χ1) is 15.3. The lowest BCUT2D eigenvalue weighted by atomic mass is 10.0. The third kappa shape index (κ3) is 4.83. The predicted molar refractivity (Wildman–Crippen MR) is 111 cm³/mol. The molecule has 4 rings (SSSR count). The molecule has 1 aliphatic rings. The number of nitrogens with zero attached hydrogens (tertiary/aromatic N) is 4. The molecule has 1 atom stereocenters. The first-order valence-corrected chi connectivity index (χ1v) is 10.4. The van der Waals surface area contributed by atoms with E-state index in [1.807, 2.05) is 6.92 Å². The van der Waals surface area contributed by atoms with Crippen LogP contribution < -0.4 is 0 Å². The van der Waals surface area contributed by atoms with Crippen LogP contribution in [0.5, 0.6) is 0 Å². The number of pyridine rings is 1. The van der Waals surface area contributed by atoms with E-state index in [-0.39, 0.29) is 17.9 Å². The van der Waals surface area contributed by atoms with Gasteiger partial charge in [0.15, 0.2) is 0 Å². The van der Waals surface area contributed by atoms with Crippen LogP contribution in [0.25, 0.3) is 0 Å². The van der Waals surface area contributed by atoms with Crippen molar-refractivity contribution in [2.45, 2.75) is 32.2 Å². The standard InChI is InChI=1S/C23H23F3N4O2/c1-2-30-11-10-20(28-30)22(31)29-12-13-32-21(15-29)19-9-5-7-17(27-19)14-16-6-3-4-8-18(16)23(24,25)26/h3-11,21H,2,12-15H2,1H3. The zero-order valence-electron chi connectivity index (χ0n) is 17.5. The molecular weight excluding hydrogens is 421 g/mol. The van der Waals surface area contributed by atoms with Crippen LogP contribution in [0.15, 0.2) is 54.7 Å². The summed E-state index contributed by atoms with van der Waals surface area (Å²) in [5.41, 5.74) is 0.969. The molecule has 1 fully saturated rings. The minimum atomic E-state index is -4.42. The Bertz CT molecular complexity index is 1100. The zero-order chi connectivity index (χ0) is 22.7. The highest BCUT2D eigenvalue weighted by atomic mass is 19.4. The number of alkyl halides is 3. The van der Waals surface area contributed by atoms with Crippen molar-refractivity contribution in [2.75, 3.05) is 19.7 Å². The number of amides is 1. The van der Waals surface area contributed by atoms with Crippen LogP contribution in [0.2, 0.25) is 0 Å². The molecule has 1 aliphatic heterocycles. The highest BCUT2D eigenvalue weighted by Crippen LogP contribution is 2.33. The molecule has 3 aromatic rings. The van der Waals surface area contributed by atoms with Crippen molar-refractivity contribution in [1.29, 1.82) is 0 Å². The molecular formula is C23H23F3N4O2. The Kier molecular flexibility index (Phi) is 6.27. The fraction of sp³-hybridized carbons (Fsp3) is 0.348. The van der Waals surface area contributed by atoms with E-state index in [1.54, 1.807) is 46.1 Å². The van der Waals surface area contributed by atoms with Crippen LogP contribution in [0.3, 0.4) is 0 Å². The summed E-state index contributed by atoms with van der Waals surface area (Å²) < 4.78 is 47.5. The van der Waals surface area contributed by atoms with E-state index in [0.717, 1.165) is 6.07 Å². The molecule has 6 nitrogen and oxygen atoms in total. The number of ether oxygens (including phenoxy) is 1. The number of aryl methyl sites for hydroxylation is 1. The molecule has 0 N–H and O–H groups in total. The highest BCUT2D eigenvalue weighted by Gasteiger charge is 2.33. The van der Waals surface area contributed by atoms with Crippen molar-refractivity contribution < 1.29 is 22.7 Å². The van der Waals surface area contributed by atoms with Gasteiger partial charge in [-0.1, -0.05) is 24.3 Å². The Balaban J connectivity index is 1.50. The van der Waals surface area contributed by atoms with Crippen molar-refractivity contribution in [2.24, 2.45) is 0 Å². The second-order valence-corrected chi connectivity index (χ2v) is 7.55. The molecule has 1 saturated heterocycles. The number of hydrogen-bond donors (Lipinski definition) is 0. The quantitative estimate of drug-likeness (QED) is 0.594. The van der Waals surface area contributed by atoms with Crippen LogP contribution in [-0.4, -0.2) is 45.3 Å². The van der Waals surface area contributed by atoms with E-state index in [4.69, 9.17) is 4.74 Å². The molecule has 32 heavy (non-hydrogen) atoms. The molecule has 1 aromatic carbocycles. The first-order valence-electron chi connectivity index (χ1n) is 10.4. The topological polar surface area (TPSA) is 60.2 Å². The van der Waals surface area contributed by atoms with E-state index >= 15 is 0 Å². The van der Waals surface area contributed by atoms with Gasteiger partial charge in [-0.25, -0.2) is 0 Å². The average molecular weight is 444 g/mol. The highest BCUT2D eigenvalue weighted by molar-refractivity contribution is 5.92.